The molecule has 0 bridgehead atoms. The predicted octanol–water partition coefficient (Wildman–Crippen LogP) is 2.26. The lowest BCUT2D eigenvalue weighted by Gasteiger charge is -2.20. The molecule has 19 heavy (non-hydrogen) atoms. The Hall–Kier alpha value is -1.91. The highest BCUT2D eigenvalue weighted by Gasteiger charge is 2.19. The lowest BCUT2D eigenvalue weighted by Crippen LogP contribution is -2.30. The SMILES string of the molecule is COc1ccccc1C(NN)c1ncc(C)cc1C. The maximum absolute atomic E-state index is 5.72. The lowest BCUT2D eigenvalue weighted by molar-refractivity contribution is 0.403. The minimum absolute atomic E-state index is 0.184. The molecule has 0 amide bonds. The second-order valence-corrected chi connectivity index (χ2v) is 4.56. The molecule has 2 aromatic rings. The molecule has 0 aliphatic rings. The summed E-state index contributed by atoms with van der Waals surface area (Å²) in [5.74, 6) is 6.52. The summed E-state index contributed by atoms with van der Waals surface area (Å²) in [6.45, 7) is 4.06. The largest absolute Gasteiger partial charge is 0.496 e. The highest BCUT2D eigenvalue weighted by Crippen LogP contribution is 2.29. The van der Waals surface area contributed by atoms with Crippen molar-refractivity contribution in [2.24, 2.45) is 5.84 Å². The summed E-state index contributed by atoms with van der Waals surface area (Å²) < 4.78 is 5.39. The van der Waals surface area contributed by atoms with E-state index in [0.717, 1.165) is 28.1 Å². The molecule has 0 aliphatic heterocycles. The molecule has 1 unspecified atom stereocenters. The second-order valence-electron chi connectivity index (χ2n) is 4.56. The van der Waals surface area contributed by atoms with Gasteiger partial charge in [0.15, 0.2) is 0 Å². The Morgan fingerprint density at radius 2 is 2.00 bits per heavy atom. The molecule has 100 valence electrons. The van der Waals surface area contributed by atoms with E-state index in [1.165, 1.54) is 0 Å². The number of hydrogen-bond donors (Lipinski definition) is 2. The van der Waals surface area contributed by atoms with Gasteiger partial charge in [0.1, 0.15) is 5.75 Å². The first-order valence-corrected chi connectivity index (χ1v) is 6.19. The molecule has 3 N–H and O–H groups in total. The van der Waals surface area contributed by atoms with E-state index in [0.29, 0.717) is 0 Å². The fourth-order valence-electron chi connectivity index (χ4n) is 2.25. The number of para-hydroxylation sites is 1. The first kappa shape index (κ1) is 13.5. The van der Waals surface area contributed by atoms with Crippen molar-refractivity contribution in [2.75, 3.05) is 7.11 Å². The maximum atomic E-state index is 5.72. The van der Waals surface area contributed by atoms with Crippen molar-refractivity contribution in [3.05, 3.63) is 58.9 Å². The molecule has 1 aromatic carbocycles. The van der Waals surface area contributed by atoms with Gasteiger partial charge in [0.2, 0.25) is 0 Å². The van der Waals surface area contributed by atoms with Crippen molar-refractivity contribution in [3.63, 3.8) is 0 Å². The molecule has 0 saturated heterocycles. The smallest absolute Gasteiger partial charge is 0.124 e. The molecule has 0 aliphatic carbocycles. The number of nitrogens with one attached hydrogen (secondary N) is 1. The van der Waals surface area contributed by atoms with Crippen molar-refractivity contribution < 1.29 is 4.74 Å². The topological polar surface area (TPSA) is 60.2 Å². The average molecular weight is 257 g/mol. The molecular weight excluding hydrogens is 238 g/mol. The van der Waals surface area contributed by atoms with Gasteiger partial charge in [0.25, 0.3) is 0 Å². The number of benzene rings is 1. The van der Waals surface area contributed by atoms with Crippen LogP contribution >= 0.6 is 0 Å². The van der Waals surface area contributed by atoms with Crippen LogP contribution in [0.15, 0.2) is 36.5 Å². The van der Waals surface area contributed by atoms with E-state index >= 15 is 0 Å². The van der Waals surface area contributed by atoms with Gasteiger partial charge in [-0.05, 0) is 31.0 Å². The van der Waals surface area contributed by atoms with Crippen LogP contribution in [-0.2, 0) is 0 Å². The summed E-state index contributed by atoms with van der Waals surface area (Å²) >= 11 is 0. The van der Waals surface area contributed by atoms with E-state index < -0.39 is 0 Å². The van der Waals surface area contributed by atoms with Crippen molar-refractivity contribution in [1.29, 1.82) is 0 Å². The van der Waals surface area contributed by atoms with E-state index in [9.17, 15) is 0 Å². The second kappa shape index (κ2) is 5.82. The highest BCUT2D eigenvalue weighted by atomic mass is 16.5. The lowest BCUT2D eigenvalue weighted by atomic mass is 9.99. The quantitative estimate of drug-likeness (QED) is 0.651. The van der Waals surface area contributed by atoms with Crippen LogP contribution in [0, 0.1) is 13.8 Å². The molecule has 1 aromatic heterocycles. The monoisotopic (exact) mass is 257 g/mol. The molecule has 0 fully saturated rings. The highest BCUT2D eigenvalue weighted by molar-refractivity contribution is 5.41. The number of hydrazine groups is 1. The fraction of sp³-hybridized carbons (Fsp3) is 0.267. The molecular formula is C15H19N3O. The van der Waals surface area contributed by atoms with Crippen LogP contribution in [0.4, 0.5) is 0 Å². The first-order chi connectivity index (χ1) is 9.17. The van der Waals surface area contributed by atoms with Gasteiger partial charge >= 0.3 is 0 Å². The van der Waals surface area contributed by atoms with Crippen molar-refractivity contribution in [3.8, 4) is 5.75 Å². The standard InChI is InChI=1S/C15H19N3O/c1-10-8-11(2)14(17-9-10)15(18-16)12-6-4-5-7-13(12)19-3/h4-9,15,18H,16H2,1-3H3. The van der Waals surface area contributed by atoms with Crippen molar-refractivity contribution >= 4 is 0 Å². The van der Waals surface area contributed by atoms with Crippen LogP contribution in [0.1, 0.15) is 28.4 Å². The van der Waals surface area contributed by atoms with Crippen molar-refractivity contribution in [1.82, 2.24) is 10.4 Å². The van der Waals surface area contributed by atoms with Gasteiger partial charge < -0.3 is 4.74 Å². The first-order valence-electron chi connectivity index (χ1n) is 6.19. The van der Waals surface area contributed by atoms with Gasteiger partial charge in [-0.1, -0.05) is 24.3 Å². The predicted molar refractivity (Wildman–Crippen MR) is 75.9 cm³/mol. The van der Waals surface area contributed by atoms with Gasteiger partial charge in [0, 0.05) is 11.8 Å². The normalized spacial score (nSPS) is 12.2. The molecule has 4 nitrogen and oxygen atoms in total. The van der Waals surface area contributed by atoms with E-state index in [4.69, 9.17) is 10.6 Å². The number of hydrogen-bond acceptors (Lipinski definition) is 4. The summed E-state index contributed by atoms with van der Waals surface area (Å²) in [7, 11) is 1.65. The number of nitrogens with two attached hydrogens (primary N) is 1. The van der Waals surface area contributed by atoms with E-state index in [2.05, 4.69) is 16.5 Å². The van der Waals surface area contributed by atoms with Crippen LogP contribution in [-0.4, -0.2) is 12.1 Å². The number of pyridine rings is 1. The summed E-state index contributed by atoms with van der Waals surface area (Å²) in [5, 5.41) is 0. The third kappa shape index (κ3) is 2.75. The Balaban J connectivity index is 2.50. The van der Waals surface area contributed by atoms with Gasteiger partial charge in [0.05, 0.1) is 18.8 Å². The third-order valence-corrected chi connectivity index (χ3v) is 3.15. The van der Waals surface area contributed by atoms with Crippen LogP contribution in [0.3, 0.4) is 0 Å². The Labute approximate surface area is 113 Å². The summed E-state index contributed by atoms with van der Waals surface area (Å²) in [5.41, 5.74) is 6.96. The van der Waals surface area contributed by atoms with Crippen molar-refractivity contribution in [2.45, 2.75) is 19.9 Å². The number of aromatic nitrogens is 1. The number of methoxy groups -OCH3 is 1. The van der Waals surface area contributed by atoms with Crippen LogP contribution in [0.25, 0.3) is 0 Å². The third-order valence-electron chi connectivity index (χ3n) is 3.15. The molecule has 4 heteroatoms. The number of aryl methyl sites for hydroxylation is 2. The Kier molecular flexibility index (Phi) is 4.14. The zero-order valence-corrected chi connectivity index (χ0v) is 11.5. The summed E-state index contributed by atoms with van der Waals surface area (Å²) in [6.07, 6.45) is 1.85. The minimum Gasteiger partial charge on any atom is -0.496 e. The summed E-state index contributed by atoms with van der Waals surface area (Å²) in [4.78, 5) is 4.50. The number of rotatable bonds is 4. The van der Waals surface area contributed by atoms with Crippen LogP contribution < -0.4 is 16.0 Å². The number of nitrogens with zero attached hydrogens (tertiary/aromatic N) is 1. The molecule has 0 radical (unpaired) electrons. The molecule has 1 heterocycles. The van der Waals surface area contributed by atoms with Crippen LogP contribution in [0.2, 0.25) is 0 Å². The van der Waals surface area contributed by atoms with E-state index in [1.54, 1.807) is 7.11 Å². The van der Waals surface area contributed by atoms with Crippen LogP contribution in [0.5, 0.6) is 5.75 Å². The van der Waals surface area contributed by atoms with Gasteiger partial charge in [-0.25, -0.2) is 5.43 Å². The van der Waals surface area contributed by atoms with E-state index in [1.807, 2.05) is 44.3 Å². The molecule has 0 saturated carbocycles. The molecule has 0 spiro atoms. The number of ether oxygens (including phenoxy) is 1. The Morgan fingerprint density at radius 3 is 2.63 bits per heavy atom. The van der Waals surface area contributed by atoms with Gasteiger partial charge in [-0.15, -0.1) is 0 Å². The average Bonchev–Trinajstić information content (AvgIpc) is 2.42. The molecule has 1 atom stereocenters. The summed E-state index contributed by atoms with van der Waals surface area (Å²) in [6, 6.07) is 9.73. The maximum Gasteiger partial charge on any atom is 0.124 e. The fourth-order valence-corrected chi connectivity index (χ4v) is 2.25. The minimum atomic E-state index is -0.184. The Morgan fingerprint density at radius 1 is 1.26 bits per heavy atom. The molecule has 2 rings (SSSR count). The van der Waals surface area contributed by atoms with Gasteiger partial charge in [-0.2, -0.15) is 0 Å². The zero-order chi connectivity index (χ0) is 13.8. The Bertz CT molecular complexity index is 569. The van der Waals surface area contributed by atoms with Gasteiger partial charge in [-0.3, -0.25) is 10.8 Å². The van der Waals surface area contributed by atoms with E-state index in [-0.39, 0.29) is 6.04 Å². The zero-order valence-electron chi connectivity index (χ0n) is 11.5.